The normalized spacial score (nSPS) is 21.1. The summed E-state index contributed by atoms with van der Waals surface area (Å²) in [6, 6.07) is 7.79. The Kier molecular flexibility index (Phi) is 4.27. The van der Waals surface area contributed by atoms with Gasteiger partial charge in [-0.3, -0.25) is 4.79 Å². The molecule has 2 fully saturated rings. The lowest BCUT2D eigenvalue weighted by molar-refractivity contribution is -0.130. The molecule has 20 heavy (non-hydrogen) atoms. The molecule has 1 saturated carbocycles. The Morgan fingerprint density at radius 3 is 2.80 bits per heavy atom. The van der Waals surface area contributed by atoms with E-state index >= 15 is 0 Å². The molecule has 0 unspecified atom stereocenters. The van der Waals surface area contributed by atoms with Gasteiger partial charge in [-0.25, -0.2) is 0 Å². The van der Waals surface area contributed by atoms with Crippen molar-refractivity contribution in [2.75, 3.05) is 26.2 Å². The molecule has 1 amide bonds. The Balaban J connectivity index is 1.59. The number of nitrogens with zero attached hydrogens (tertiary/aromatic N) is 2. The monoisotopic (exact) mass is 292 g/mol. The van der Waals surface area contributed by atoms with Gasteiger partial charge in [-0.1, -0.05) is 23.7 Å². The molecule has 1 heterocycles. The van der Waals surface area contributed by atoms with E-state index in [1.807, 2.05) is 29.2 Å². The predicted molar refractivity (Wildman–Crippen MR) is 80.7 cm³/mol. The van der Waals surface area contributed by atoms with Crippen LogP contribution in [0, 0.1) is 5.92 Å². The lowest BCUT2D eigenvalue weighted by Gasteiger charge is -2.22. The molecule has 1 saturated heterocycles. The Hall–Kier alpha value is -1.06. The summed E-state index contributed by atoms with van der Waals surface area (Å²) in [6.07, 6.45) is 3.39. The Morgan fingerprint density at radius 2 is 2.05 bits per heavy atom. The molecule has 1 aromatic carbocycles. The average Bonchev–Trinajstić information content (AvgIpc) is 3.24. The van der Waals surface area contributed by atoms with Gasteiger partial charge < -0.3 is 9.80 Å². The lowest BCUT2D eigenvalue weighted by Crippen LogP contribution is -2.33. The molecule has 3 nitrogen and oxygen atoms in total. The highest BCUT2D eigenvalue weighted by Gasteiger charge is 2.27. The van der Waals surface area contributed by atoms with Gasteiger partial charge >= 0.3 is 0 Å². The fraction of sp³-hybridized carbons (Fsp3) is 0.562. The SMILES string of the molecule is O=C1CCN(CC2CC2)CCN1Cc1cccc(Cl)c1. The van der Waals surface area contributed by atoms with Crippen LogP contribution in [0.1, 0.15) is 24.8 Å². The Morgan fingerprint density at radius 1 is 1.20 bits per heavy atom. The maximum absolute atomic E-state index is 12.2. The molecule has 0 N–H and O–H groups in total. The van der Waals surface area contributed by atoms with Crippen LogP contribution in [0.15, 0.2) is 24.3 Å². The van der Waals surface area contributed by atoms with Crippen LogP contribution in [0.5, 0.6) is 0 Å². The molecule has 0 atom stereocenters. The van der Waals surface area contributed by atoms with Crippen molar-refractivity contribution in [3.8, 4) is 0 Å². The number of halogens is 1. The van der Waals surface area contributed by atoms with Gasteiger partial charge in [-0.2, -0.15) is 0 Å². The van der Waals surface area contributed by atoms with Crippen LogP contribution in [-0.4, -0.2) is 41.9 Å². The van der Waals surface area contributed by atoms with E-state index in [2.05, 4.69) is 4.90 Å². The molecular weight excluding hydrogens is 272 g/mol. The van der Waals surface area contributed by atoms with Crippen LogP contribution in [-0.2, 0) is 11.3 Å². The molecule has 1 aromatic rings. The summed E-state index contributed by atoms with van der Waals surface area (Å²) in [6.45, 7) is 4.61. The van der Waals surface area contributed by atoms with E-state index in [1.54, 1.807) is 0 Å². The molecule has 0 bridgehead atoms. The van der Waals surface area contributed by atoms with Crippen LogP contribution in [0.25, 0.3) is 0 Å². The minimum Gasteiger partial charge on any atom is -0.337 e. The van der Waals surface area contributed by atoms with Crippen molar-refractivity contribution in [1.29, 1.82) is 0 Å². The van der Waals surface area contributed by atoms with Crippen LogP contribution >= 0.6 is 11.6 Å². The van der Waals surface area contributed by atoms with Gasteiger partial charge in [0, 0.05) is 44.2 Å². The third-order valence-electron chi connectivity index (χ3n) is 4.16. The molecule has 4 heteroatoms. The highest BCUT2D eigenvalue weighted by Crippen LogP contribution is 2.30. The molecule has 0 spiro atoms. The van der Waals surface area contributed by atoms with Gasteiger partial charge in [-0.05, 0) is 36.5 Å². The average molecular weight is 293 g/mol. The topological polar surface area (TPSA) is 23.6 Å². The van der Waals surface area contributed by atoms with Crippen LogP contribution in [0.2, 0.25) is 5.02 Å². The number of carbonyl (C=O) groups is 1. The Labute approximate surface area is 125 Å². The molecule has 1 aliphatic carbocycles. The van der Waals surface area contributed by atoms with E-state index in [1.165, 1.54) is 19.4 Å². The van der Waals surface area contributed by atoms with Crippen LogP contribution in [0.3, 0.4) is 0 Å². The second-order valence-corrected chi connectivity index (χ2v) is 6.38. The van der Waals surface area contributed by atoms with E-state index < -0.39 is 0 Å². The maximum Gasteiger partial charge on any atom is 0.224 e. The summed E-state index contributed by atoms with van der Waals surface area (Å²) in [7, 11) is 0. The van der Waals surface area contributed by atoms with Gasteiger partial charge in [0.1, 0.15) is 0 Å². The van der Waals surface area contributed by atoms with Gasteiger partial charge in [0.25, 0.3) is 0 Å². The van der Waals surface area contributed by atoms with E-state index in [0.29, 0.717) is 13.0 Å². The zero-order chi connectivity index (χ0) is 13.9. The molecule has 1 aliphatic heterocycles. The summed E-state index contributed by atoms with van der Waals surface area (Å²) < 4.78 is 0. The minimum absolute atomic E-state index is 0.267. The van der Waals surface area contributed by atoms with Crippen molar-refractivity contribution < 1.29 is 4.79 Å². The predicted octanol–water partition coefficient (Wildman–Crippen LogP) is 2.78. The van der Waals surface area contributed by atoms with E-state index in [4.69, 9.17) is 11.6 Å². The highest BCUT2D eigenvalue weighted by atomic mass is 35.5. The lowest BCUT2D eigenvalue weighted by atomic mass is 10.2. The molecule has 3 rings (SSSR count). The summed E-state index contributed by atoms with van der Waals surface area (Å²) in [5.74, 6) is 1.16. The fourth-order valence-electron chi connectivity index (χ4n) is 2.78. The van der Waals surface area contributed by atoms with E-state index in [9.17, 15) is 4.79 Å². The maximum atomic E-state index is 12.2. The zero-order valence-electron chi connectivity index (χ0n) is 11.7. The minimum atomic E-state index is 0.267. The summed E-state index contributed by atoms with van der Waals surface area (Å²) in [5.41, 5.74) is 1.11. The van der Waals surface area contributed by atoms with Gasteiger partial charge in [0.15, 0.2) is 0 Å². The molecule has 0 aromatic heterocycles. The largest absolute Gasteiger partial charge is 0.337 e. The Bertz CT molecular complexity index is 487. The van der Waals surface area contributed by atoms with Crippen molar-refractivity contribution in [3.63, 3.8) is 0 Å². The number of benzene rings is 1. The second-order valence-electron chi connectivity index (χ2n) is 5.94. The quantitative estimate of drug-likeness (QED) is 0.852. The van der Waals surface area contributed by atoms with Crippen molar-refractivity contribution >= 4 is 17.5 Å². The van der Waals surface area contributed by atoms with Crippen molar-refractivity contribution in [3.05, 3.63) is 34.9 Å². The van der Waals surface area contributed by atoms with E-state index in [-0.39, 0.29) is 5.91 Å². The van der Waals surface area contributed by atoms with Gasteiger partial charge in [0.05, 0.1) is 0 Å². The number of hydrogen-bond acceptors (Lipinski definition) is 2. The van der Waals surface area contributed by atoms with Crippen molar-refractivity contribution in [2.45, 2.75) is 25.8 Å². The molecule has 108 valence electrons. The highest BCUT2D eigenvalue weighted by molar-refractivity contribution is 6.30. The standard InChI is InChI=1S/C16H21ClN2O/c17-15-3-1-2-14(10-15)12-19-9-8-18(7-6-16(19)20)11-13-4-5-13/h1-3,10,13H,4-9,11-12H2. The molecule has 2 aliphatic rings. The second kappa shape index (κ2) is 6.15. The summed E-state index contributed by atoms with van der Waals surface area (Å²) in [4.78, 5) is 16.6. The van der Waals surface area contributed by atoms with Crippen LogP contribution in [0.4, 0.5) is 0 Å². The summed E-state index contributed by atoms with van der Waals surface area (Å²) >= 11 is 6.01. The number of carbonyl (C=O) groups excluding carboxylic acids is 1. The first-order valence-electron chi connectivity index (χ1n) is 7.45. The third-order valence-corrected chi connectivity index (χ3v) is 4.39. The number of amides is 1. The van der Waals surface area contributed by atoms with Crippen molar-refractivity contribution in [1.82, 2.24) is 9.80 Å². The number of hydrogen-bond donors (Lipinski definition) is 0. The van der Waals surface area contributed by atoms with Crippen LogP contribution < -0.4 is 0 Å². The fourth-order valence-corrected chi connectivity index (χ4v) is 2.99. The molecule has 0 radical (unpaired) electrons. The van der Waals surface area contributed by atoms with E-state index in [0.717, 1.165) is 36.1 Å². The summed E-state index contributed by atoms with van der Waals surface area (Å²) in [5, 5.41) is 0.736. The third kappa shape index (κ3) is 3.74. The first-order valence-corrected chi connectivity index (χ1v) is 7.83. The number of rotatable bonds is 4. The zero-order valence-corrected chi connectivity index (χ0v) is 12.5. The molecular formula is C16H21ClN2O. The van der Waals surface area contributed by atoms with Crippen molar-refractivity contribution in [2.24, 2.45) is 5.92 Å². The first-order chi connectivity index (χ1) is 9.70. The van der Waals surface area contributed by atoms with Gasteiger partial charge in [-0.15, -0.1) is 0 Å². The van der Waals surface area contributed by atoms with Gasteiger partial charge in [0.2, 0.25) is 5.91 Å². The smallest absolute Gasteiger partial charge is 0.224 e. The first kappa shape index (κ1) is 13.9.